The molecule has 0 spiro atoms. The van der Waals surface area contributed by atoms with Gasteiger partial charge in [0.05, 0.1) is 5.56 Å². The summed E-state index contributed by atoms with van der Waals surface area (Å²) < 4.78 is 5.87. The van der Waals surface area contributed by atoms with Crippen molar-refractivity contribution in [2.24, 2.45) is 5.73 Å². The smallest absolute Gasteiger partial charge is 0.138 e. The minimum atomic E-state index is -0.0634. The maximum absolute atomic E-state index is 7.58. The summed E-state index contributed by atoms with van der Waals surface area (Å²) in [4.78, 5) is 0. The second kappa shape index (κ2) is 5.76. The number of ether oxygens (including phenoxy) is 1. The topological polar surface area (TPSA) is 59.1 Å². The Labute approximate surface area is 117 Å². The summed E-state index contributed by atoms with van der Waals surface area (Å²) in [6.45, 7) is 2.07. The Morgan fingerprint density at radius 3 is 2.63 bits per heavy atom. The lowest BCUT2D eigenvalue weighted by Crippen LogP contribution is -2.12. The molecule has 0 unspecified atom stereocenters. The van der Waals surface area contributed by atoms with Crippen molar-refractivity contribution in [3.05, 3.63) is 58.6 Å². The van der Waals surface area contributed by atoms with Crippen LogP contribution < -0.4 is 10.5 Å². The van der Waals surface area contributed by atoms with Crippen molar-refractivity contribution in [2.75, 3.05) is 0 Å². The first-order chi connectivity index (χ1) is 9.11. The van der Waals surface area contributed by atoms with Crippen LogP contribution in [0.25, 0.3) is 0 Å². The highest BCUT2D eigenvalue weighted by Crippen LogP contribution is 2.30. The van der Waals surface area contributed by atoms with Crippen molar-refractivity contribution in [3.63, 3.8) is 0 Å². The van der Waals surface area contributed by atoms with E-state index in [2.05, 4.69) is 6.92 Å². The van der Waals surface area contributed by atoms with Crippen LogP contribution in [0.5, 0.6) is 11.5 Å². The molecule has 2 rings (SSSR count). The van der Waals surface area contributed by atoms with Gasteiger partial charge < -0.3 is 10.5 Å². The van der Waals surface area contributed by atoms with Gasteiger partial charge in [-0.15, -0.1) is 0 Å². The molecule has 4 heteroatoms. The van der Waals surface area contributed by atoms with E-state index in [-0.39, 0.29) is 5.84 Å². The molecular formula is C15H15ClN2O. The first kappa shape index (κ1) is 13.4. The molecule has 2 aromatic rings. The fourth-order valence-electron chi connectivity index (χ4n) is 1.82. The number of nitrogens with two attached hydrogens (primary N) is 1. The first-order valence-electron chi connectivity index (χ1n) is 6.01. The summed E-state index contributed by atoms with van der Waals surface area (Å²) in [5.74, 6) is 1.25. The average Bonchev–Trinajstić information content (AvgIpc) is 2.41. The van der Waals surface area contributed by atoms with Crippen LogP contribution in [0.2, 0.25) is 5.02 Å². The summed E-state index contributed by atoms with van der Waals surface area (Å²) >= 11 is 5.91. The highest BCUT2D eigenvalue weighted by atomic mass is 35.5. The Balaban J connectivity index is 2.41. The van der Waals surface area contributed by atoms with Crippen LogP contribution in [-0.4, -0.2) is 5.84 Å². The van der Waals surface area contributed by atoms with E-state index < -0.39 is 0 Å². The first-order valence-corrected chi connectivity index (χ1v) is 6.39. The molecular weight excluding hydrogens is 260 g/mol. The lowest BCUT2D eigenvalue weighted by molar-refractivity contribution is 0.476. The predicted molar refractivity (Wildman–Crippen MR) is 78.4 cm³/mol. The van der Waals surface area contributed by atoms with Gasteiger partial charge in [0, 0.05) is 5.02 Å². The summed E-state index contributed by atoms with van der Waals surface area (Å²) in [7, 11) is 0. The van der Waals surface area contributed by atoms with Gasteiger partial charge in [-0.2, -0.15) is 0 Å². The molecule has 0 fully saturated rings. The normalized spacial score (nSPS) is 10.2. The van der Waals surface area contributed by atoms with Crippen LogP contribution in [0.4, 0.5) is 0 Å². The Kier molecular flexibility index (Phi) is 4.07. The molecule has 0 aliphatic rings. The molecule has 0 aromatic heterocycles. The third-order valence-corrected chi connectivity index (χ3v) is 3.04. The largest absolute Gasteiger partial charge is 0.456 e. The molecule has 0 radical (unpaired) electrons. The number of hydrogen-bond donors (Lipinski definition) is 2. The Morgan fingerprint density at radius 1 is 1.21 bits per heavy atom. The van der Waals surface area contributed by atoms with Gasteiger partial charge in [0.25, 0.3) is 0 Å². The second-order valence-electron chi connectivity index (χ2n) is 4.12. The highest BCUT2D eigenvalue weighted by molar-refractivity contribution is 6.31. The van der Waals surface area contributed by atoms with Crippen LogP contribution in [0.3, 0.4) is 0 Å². The Morgan fingerprint density at radius 2 is 1.95 bits per heavy atom. The van der Waals surface area contributed by atoms with E-state index in [1.807, 2.05) is 24.3 Å². The molecule has 3 N–H and O–H groups in total. The summed E-state index contributed by atoms with van der Waals surface area (Å²) in [5, 5.41) is 8.11. The molecule has 0 saturated carbocycles. The van der Waals surface area contributed by atoms with Gasteiger partial charge in [-0.3, -0.25) is 5.41 Å². The maximum Gasteiger partial charge on any atom is 0.138 e. The lowest BCUT2D eigenvalue weighted by atomic mass is 10.1. The van der Waals surface area contributed by atoms with Gasteiger partial charge in [-0.25, -0.2) is 0 Å². The quantitative estimate of drug-likeness (QED) is 0.654. The third kappa shape index (κ3) is 3.06. The number of rotatable bonds is 4. The number of nitrogens with one attached hydrogen (secondary N) is 1. The van der Waals surface area contributed by atoms with E-state index in [9.17, 15) is 0 Å². The molecule has 19 heavy (non-hydrogen) atoms. The van der Waals surface area contributed by atoms with Crippen LogP contribution in [0, 0.1) is 5.41 Å². The molecule has 0 atom stereocenters. The van der Waals surface area contributed by atoms with Gasteiger partial charge in [0.15, 0.2) is 0 Å². The zero-order valence-electron chi connectivity index (χ0n) is 10.6. The number of benzene rings is 2. The van der Waals surface area contributed by atoms with Gasteiger partial charge in [-0.05, 0) is 36.2 Å². The summed E-state index contributed by atoms with van der Waals surface area (Å²) in [6, 6.07) is 12.9. The summed E-state index contributed by atoms with van der Waals surface area (Å²) in [5.41, 5.74) is 7.15. The van der Waals surface area contributed by atoms with E-state index in [0.29, 0.717) is 16.3 Å². The van der Waals surface area contributed by atoms with E-state index in [0.717, 1.165) is 17.7 Å². The predicted octanol–water partition coefficient (Wildman–Crippen LogP) is 3.98. The zero-order chi connectivity index (χ0) is 13.8. The molecule has 0 aliphatic heterocycles. The van der Waals surface area contributed by atoms with Crippen molar-refractivity contribution in [2.45, 2.75) is 13.3 Å². The molecule has 0 amide bonds. The van der Waals surface area contributed by atoms with Crippen molar-refractivity contribution in [1.82, 2.24) is 0 Å². The monoisotopic (exact) mass is 274 g/mol. The van der Waals surface area contributed by atoms with Crippen molar-refractivity contribution < 1.29 is 4.74 Å². The van der Waals surface area contributed by atoms with Crippen LogP contribution in [0.1, 0.15) is 18.1 Å². The lowest BCUT2D eigenvalue weighted by Gasteiger charge is -2.13. The number of para-hydroxylation sites is 1. The molecule has 0 aliphatic carbocycles. The van der Waals surface area contributed by atoms with E-state index in [1.165, 1.54) is 0 Å². The Hall–Kier alpha value is -2.00. The van der Waals surface area contributed by atoms with Crippen molar-refractivity contribution in [3.8, 4) is 11.5 Å². The van der Waals surface area contributed by atoms with E-state index in [1.54, 1.807) is 18.2 Å². The number of amidine groups is 1. The fraction of sp³-hybridized carbons (Fsp3) is 0.133. The van der Waals surface area contributed by atoms with Gasteiger partial charge in [0.1, 0.15) is 17.3 Å². The minimum Gasteiger partial charge on any atom is -0.456 e. The van der Waals surface area contributed by atoms with E-state index >= 15 is 0 Å². The standard InChI is InChI=1S/C15H15ClN2O/c1-2-10-5-3-4-6-13(10)19-14-8-7-11(16)9-12(14)15(17)18/h3-9H,2H2,1H3,(H3,17,18). The van der Waals surface area contributed by atoms with Crippen LogP contribution in [0.15, 0.2) is 42.5 Å². The molecule has 0 bridgehead atoms. The zero-order valence-corrected chi connectivity index (χ0v) is 11.4. The fourth-order valence-corrected chi connectivity index (χ4v) is 1.99. The van der Waals surface area contributed by atoms with Crippen molar-refractivity contribution in [1.29, 1.82) is 5.41 Å². The number of halogens is 1. The van der Waals surface area contributed by atoms with Gasteiger partial charge in [0.2, 0.25) is 0 Å². The molecule has 3 nitrogen and oxygen atoms in total. The number of hydrogen-bond acceptors (Lipinski definition) is 2. The van der Waals surface area contributed by atoms with E-state index in [4.69, 9.17) is 27.5 Å². The number of aryl methyl sites for hydroxylation is 1. The number of nitrogen functional groups attached to an aromatic ring is 1. The van der Waals surface area contributed by atoms with Crippen molar-refractivity contribution >= 4 is 17.4 Å². The van der Waals surface area contributed by atoms with Crippen LogP contribution >= 0.6 is 11.6 Å². The van der Waals surface area contributed by atoms with Gasteiger partial charge >= 0.3 is 0 Å². The molecule has 2 aromatic carbocycles. The second-order valence-corrected chi connectivity index (χ2v) is 4.55. The van der Waals surface area contributed by atoms with Gasteiger partial charge in [-0.1, -0.05) is 36.7 Å². The average molecular weight is 275 g/mol. The highest BCUT2D eigenvalue weighted by Gasteiger charge is 2.10. The van der Waals surface area contributed by atoms with Crippen LogP contribution in [-0.2, 0) is 6.42 Å². The molecule has 98 valence electrons. The molecule has 0 saturated heterocycles. The molecule has 0 heterocycles. The third-order valence-electron chi connectivity index (χ3n) is 2.81. The minimum absolute atomic E-state index is 0.0634. The maximum atomic E-state index is 7.58. The SMILES string of the molecule is CCc1ccccc1Oc1ccc(Cl)cc1C(=N)N. The Bertz CT molecular complexity index is 611. The summed E-state index contributed by atoms with van der Waals surface area (Å²) in [6.07, 6.45) is 0.874.